The van der Waals surface area contributed by atoms with Crippen molar-refractivity contribution in [3.8, 4) is 0 Å². The SMILES string of the molecule is CCNc1cc(C(=O)NCC2CCC(C)CC2)cc(C)n1. The number of rotatable bonds is 5. The van der Waals surface area contributed by atoms with Gasteiger partial charge in [-0.15, -0.1) is 0 Å². The van der Waals surface area contributed by atoms with Crippen molar-refractivity contribution in [3.05, 3.63) is 23.4 Å². The molecule has 4 heteroatoms. The fourth-order valence-electron chi connectivity index (χ4n) is 2.94. The van der Waals surface area contributed by atoms with Crippen molar-refractivity contribution in [2.45, 2.75) is 46.5 Å². The van der Waals surface area contributed by atoms with E-state index in [2.05, 4.69) is 22.5 Å². The molecule has 1 aromatic heterocycles. The van der Waals surface area contributed by atoms with Gasteiger partial charge < -0.3 is 10.6 Å². The van der Waals surface area contributed by atoms with Gasteiger partial charge in [-0.1, -0.05) is 19.8 Å². The summed E-state index contributed by atoms with van der Waals surface area (Å²) >= 11 is 0. The molecular weight excluding hydrogens is 262 g/mol. The van der Waals surface area contributed by atoms with Crippen LogP contribution in [-0.4, -0.2) is 24.0 Å². The number of carbonyl (C=O) groups is 1. The first-order valence-corrected chi connectivity index (χ1v) is 8.09. The van der Waals surface area contributed by atoms with Crippen LogP contribution in [0.15, 0.2) is 12.1 Å². The number of anilines is 1. The van der Waals surface area contributed by atoms with Gasteiger partial charge in [0.2, 0.25) is 0 Å². The van der Waals surface area contributed by atoms with Crippen LogP contribution in [0.5, 0.6) is 0 Å². The Morgan fingerprint density at radius 3 is 2.67 bits per heavy atom. The zero-order valence-corrected chi connectivity index (χ0v) is 13.4. The van der Waals surface area contributed by atoms with Crippen LogP contribution in [0.3, 0.4) is 0 Å². The van der Waals surface area contributed by atoms with Crippen molar-refractivity contribution in [2.75, 3.05) is 18.4 Å². The van der Waals surface area contributed by atoms with E-state index < -0.39 is 0 Å². The Morgan fingerprint density at radius 2 is 2.00 bits per heavy atom. The first kappa shape index (κ1) is 15.8. The van der Waals surface area contributed by atoms with Crippen LogP contribution in [0, 0.1) is 18.8 Å². The van der Waals surface area contributed by atoms with Gasteiger partial charge in [0.1, 0.15) is 5.82 Å². The Morgan fingerprint density at radius 1 is 1.29 bits per heavy atom. The van der Waals surface area contributed by atoms with Gasteiger partial charge in [-0.2, -0.15) is 0 Å². The van der Waals surface area contributed by atoms with Gasteiger partial charge in [0.25, 0.3) is 5.91 Å². The minimum absolute atomic E-state index is 0.0123. The summed E-state index contributed by atoms with van der Waals surface area (Å²) in [7, 11) is 0. The average Bonchev–Trinajstić information content (AvgIpc) is 2.46. The number of pyridine rings is 1. The van der Waals surface area contributed by atoms with Gasteiger partial charge >= 0.3 is 0 Å². The highest BCUT2D eigenvalue weighted by Crippen LogP contribution is 2.27. The molecule has 1 fully saturated rings. The molecule has 1 amide bonds. The van der Waals surface area contributed by atoms with E-state index in [1.165, 1.54) is 25.7 Å². The maximum atomic E-state index is 12.3. The molecule has 1 saturated carbocycles. The molecule has 0 saturated heterocycles. The summed E-state index contributed by atoms with van der Waals surface area (Å²) in [4.78, 5) is 16.7. The van der Waals surface area contributed by atoms with E-state index >= 15 is 0 Å². The van der Waals surface area contributed by atoms with Crippen molar-refractivity contribution < 1.29 is 4.79 Å². The first-order valence-electron chi connectivity index (χ1n) is 8.09. The molecular formula is C17H27N3O. The van der Waals surface area contributed by atoms with Crippen LogP contribution in [-0.2, 0) is 0 Å². The summed E-state index contributed by atoms with van der Waals surface area (Å²) in [5, 5.41) is 6.25. The zero-order chi connectivity index (χ0) is 15.2. The lowest BCUT2D eigenvalue weighted by molar-refractivity contribution is 0.0941. The molecule has 0 spiro atoms. The molecule has 0 atom stereocenters. The molecule has 2 N–H and O–H groups in total. The summed E-state index contributed by atoms with van der Waals surface area (Å²) in [5.74, 6) is 2.27. The van der Waals surface area contributed by atoms with Crippen molar-refractivity contribution in [1.29, 1.82) is 0 Å². The van der Waals surface area contributed by atoms with Crippen molar-refractivity contribution >= 4 is 11.7 Å². The third-order valence-electron chi connectivity index (χ3n) is 4.26. The highest BCUT2D eigenvalue weighted by atomic mass is 16.1. The molecule has 1 aliphatic carbocycles. The van der Waals surface area contributed by atoms with Crippen LogP contribution in [0.25, 0.3) is 0 Å². The molecule has 0 bridgehead atoms. The highest BCUT2D eigenvalue weighted by Gasteiger charge is 2.19. The van der Waals surface area contributed by atoms with E-state index in [1.807, 2.05) is 26.0 Å². The quantitative estimate of drug-likeness (QED) is 0.873. The van der Waals surface area contributed by atoms with Crippen molar-refractivity contribution in [2.24, 2.45) is 11.8 Å². The predicted molar refractivity (Wildman–Crippen MR) is 86.6 cm³/mol. The number of hydrogen-bond acceptors (Lipinski definition) is 3. The maximum absolute atomic E-state index is 12.3. The van der Waals surface area contributed by atoms with E-state index in [-0.39, 0.29) is 5.91 Å². The van der Waals surface area contributed by atoms with E-state index in [0.29, 0.717) is 11.5 Å². The summed E-state index contributed by atoms with van der Waals surface area (Å²) in [6.45, 7) is 7.85. The second-order valence-electron chi connectivity index (χ2n) is 6.25. The van der Waals surface area contributed by atoms with Crippen LogP contribution in [0.1, 0.15) is 55.6 Å². The van der Waals surface area contributed by atoms with Crippen molar-refractivity contribution in [1.82, 2.24) is 10.3 Å². The lowest BCUT2D eigenvalue weighted by atomic mass is 9.83. The number of nitrogens with zero attached hydrogens (tertiary/aromatic N) is 1. The summed E-state index contributed by atoms with van der Waals surface area (Å²) < 4.78 is 0. The topological polar surface area (TPSA) is 54.0 Å². The molecule has 1 aromatic rings. The minimum Gasteiger partial charge on any atom is -0.370 e. The lowest BCUT2D eigenvalue weighted by Gasteiger charge is -2.26. The van der Waals surface area contributed by atoms with E-state index in [9.17, 15) is 4.79 Å². The molecule has 0 unspecified atom stereocenters. The van der Waals surface area contributed by atoms with E-state index in [4.69, 9.17) is 0 Å². The van der Waals surface area contributed by atoms with Crippen LogP contribution in [0.2, 0.25) is 0 Å². The summed E-state index contributed by atoms with van der Waals surface area (Å²) in [6, 6.07) is 3.67. The summed E-state index contributed by atoms with van der Waals surface area (Å²) in [5.41, 5.74) is 1.56. The van der Waals surface area contributed by atoms with Gasteiger partial charge in [-0.05, 0) is 50.7 Å². The zero-order valence-electron chi connectivity index (χ0n) is 13.4. The largest absolute Gasteiger partial charge is 0.370 e. The van der Waals surface area contributed by atoms with Gasteiger partial charge in [0.15, 0.2) is 0 Å². The Balaban J connectivity index is 1.90. The number of aromatic nitrogens is 1. The molecule has 0 aliphatic heterocycles. The normalized spacial score (nSPS) is 21.9. The average molecular weight is 289 g/mol. The lowest BCUT2D eigenvalue weighted by Crippen LogP contribution is -2.31. The van der Waals surface area contributed by atoms with Crippen molar-refractivity contribution in [3.63, 3.8) is 0 Å². The fraction of sp³-hybridized carbons (Fsp3) is 0.647. The smallest absolute Gasteiger partial charge is 0.251 e. The molecule has 21 heavy (non-hydrogen) atoms. The third kappa shape index (κ3) is 4.73. The second-order valence-corrected chi connectivity index (χ2v) is 6.25. The Kier molecular flexibility index (Phi) is 5.59. The molecule has 0 radical (unpaired) electrons. The summed E-state index contributed by atoms with van der Waals surface area (Å²) in [6.07, 6.45) is 5.05. The van der Waals surface area contributed by atoms with E-state index in [0.717, 1.165) is 30.5 Å². The van der Waals surface area contributed by atoms with Crippen LogP contribution < -0.4 is 10.6 Å². The van der Waals surface area contributed by atoms with Crippen LogP contribution in [0.4, 0.5) is 5.82 Å². The number of hydrogen-bond donors (Lipinski definition) is 2. The van der Waals surface area contributed by atoms with Gasteiger partial charge in [-0.25, -0.2) is 4.98 Å². The molecule has 0 aromatic carbocycles. The molecule has 116 valence electrons. The number of nitrogens with one attached hydrogen (secondary N) is 2. The second kappa shape index (κ2) is 7.43. The van der Waals surface area contributed by atoms with Gasteiger partial charge in [0, 0.05) is 24.3 Å². The number of aryl methyl sites for hydroxylation is 1. The standard InChI is InChI=1S/C17H27N3O/c1-4-18-16-10-15(9-13(3)20-16)17(21)19-11-14-7-5-12(2)6-8-14/h9-10,12,14H,4-8,11H2,1-3H3,(H,18,20)(H,19,21). The number of carbonyl (C=O) groups excluding carboxylic acids is 1. The highest BCUT2D eigenvalue weighted by molar-refractivity contribution is 5.95. The van der Waals surface area contributed by atoms with E-state index in [1.54, 1.807) is 0 Å². The molecule has 4 nitrogen and oxygen atoms in total. The Labute approximate surface area is 127 Å². The maximum Gasteiger partial charge on any atom is 0.251 e. The molecule has 2 rings (SSSR count). The van der Waals surface area contributed by atoms with Gasteiger partial charge in [-0.3, -0.25) is 4.79 Å². The Bertz CT molecular complexity index is 479. The Hall–Kier alpha value is -1.58. The minimum atomic E-state index is 0.0123. The molecule has 1 aliphatic rings. The fourth-order valence-corrected chi connectivity index (χ4v) is 2.94. The molecule has 1 heterocycles. The number of amides is 1. The third-order valence-corrected chi connectivity index (χ3v) is 4.26. The van der Waals surface area contributed by atoms with Crippen LogP contribution >= 0.6 is 0 Å². The monoisotopic (exact) mass is 289 g/mol. The predicted octanol–water partition coefficient (Wildman–Crippen LogP) is 3.38. The first-order chi connectivity index (χ1) is 10.1. The van der Waals surface area contributed by atoms with Gasteiger partial charge in [0.05, 0.1) is 0 Å².